The summed E-state index contributed by atoms with van der Waals surface area (Å²) in [7, 11) is 0. The highest BCUT2D eigenvalue weighted by Gasteiger charge is 2.10. The lowest BCUT2D eigenvalue weighted by Crippen LogP contribution is -2.09. The van der Waals surface area contributed by atoms with E-state index in [0.29, 0.717) is 22.8 Å². The van der Waals surface area contributed by atoms with Crippen molar-refractivity contribution >= 4 is 18.6 Å². The van der Waals surface area contributed by atoms with Crippen molar-refractivity contribution in [2.24, 2.45) is 0 Å². The van der Waals surface area contributed by atoms with E-state index in [1.807, 2.05) is 6.07 Å². The second-order valence-corrected chi connectivity index (χ2v) is 3.19. The monoisotopic (exact) mass is 222 g/mol. The number of carbonyl (C=O) groups is 1. The number of thiol groups is 1. The molecule has 0 aliphatic rings. The van der Waals surface area contributed by atoms with Gasteiger partial charge in [0.05, 0.1) is 24.3 Å². The third-order valence-corrected chi connectivity index (χ3v) is 2.24. The molecule has 0 bridgehead atoms. The van der Waals surface area contributed by atoms with Gasteiger partial charge in [-0.2, -0.15) is 5.26 Å². The first-order chi connectivity index (χ1) is 7.19. The molecule has 0 unspecified atom stereocenters. The fourth-order valence-electron chi connectivity index (χ4n) is 1.07. The van der Waals surface area contributed by atoms with Crippen LogP contribution in [-0.2, 0) is 16.0 Å². The summed E-state index contributed by atoms with van der Waals surface area (Å²) >= 11 is 4.14. The molecule has 1 aromatic heterocycles. The van der Waals surface area contributed by atoms with Crippen LogP contribution in [0.5, 0.6) is 0 Å². The van der Waals surface area contributed by atoms with E-state index in [-0.39, 0.29) is 12.4 Å². The van der Waals surface area contributed by atoms with Gasteiger partial charge in [0, 0.05) is 11.1 Å². The van der Waals surface area contributed by atoms with Crippen molar-refractivity contribution in [2.75, 3.05) is 6.61 Å². The second-order valence-electron chi connectivity index (χ2n) is 2.75. The van der Waals surface area contributed by atoms with Crippen LogP contribution in [0, 0.1) is 11.3 Å². The third kappa shape index (κ3) is 2.96. The Morgan fingerprint density at radius 2 is 2.47 bits per heavy atom. The van der Waals surface area contributed by atoms with Crippen LogP contribution in [0.2, 0.25) is 0 Å². The van der Waals surface area contributed by atoms with E-state index >= 15 is 0 Å². The molecule has 0 saturated carbocycles. The zero-order valence-electron chi connectivity index (χ0n) is 8.23. The Hall–Kier alpha value is -1.54. The van der Waals surface area contributed by atoms with Gasteiger partial charge in [-0.25, -0.2) is 0 Å². The fourth-order valence-corrected chi connectivity index (χ4v) is 1.33. The maximum Gasteiger partial charge on any atom is 0.311 e. The van der Waals surface area contributed by atoms with Gasteiger partial charge in [0.25, 0.3) is 0 Å². The molecule has 0 atom stereocenters. The van der Waals surface area contributed by atoms with Crippen LogP contribution in [0.1, 0.15) is 18.2 Å². The summed E-state index contributed by atoms with van der Waals surface area (Å²) in [5.74, 6) is -0.365. The smallest absolute Gasteiger partial charge is 0.311 e. The second kappa shape index (κ2) is 5.37. The van der Waals surface area contributed by atoms with Crippen molar-refractivity contribution in [3.63, 3.8) is 0 Å². The molecule has 1 rings (SSSR count). The highest BCUT2D eigenvalue weighted by atomic mass is 32.1. The average molecular weight is 222 g/mol. The molecule has 0 fully saturated rings. The molecular weight excluding hydrogens is 212 g/mol. The van der Waals surface area contributed by atoms with Gasteiger partial charge in [-0.05, 0) is 13.0 Å². The van der Waals surface area contributed by atoms with E-state index in [2.05, 4.69) is 17.6 Å². The normalized spacial score (nSPS) is 9.40. The summed E-state index contributed by atoms with van der Waals surface area (Å²) in [4.78, 5) is 15.6. The molecule has 0 N–H and O–H groups in total. The standard InChI is InChI=1S/C10H10N2O2S/c1-2-14-9(13)5-8-10(15)7(6-11)3-4-12-8/h3-4,15H,2,5H2,1H3. The van der Waals surface area contributed by atoms with Crippen LogP contribution >= 0.6 is 12.6 Å². The highest BCUT2D eigenvalue weighted by molar-refractivity contribution is 7.80. The number of rotatable bonds is 3. The molecule has 15 heavy (non-hydrogen) atoms. The lowest BCUT2D eigenvalue weighted by Gasteiger charge is -2.04. The number of nitrogens with zero attached hydrogens (tertiary/aromatic N) is 2. The molecule has 0 aliphatic carbocycles. The Bertz CT molecular complexity index is 412. The summed E-state index contributed by atoms with van der Waals surface area (Å²) in [5, 5.41) is 8.74. The molecule has 0 radical (unpaired) electrons. The minimum Gasteiger partial charge on any atom is -0.466 e. The van der Waals surface area contributed by atoms with Gasteiger partial charge in [-0.3, -0.25) is 9.78 Å². The Labute approximate surface area is 93.3 Å². The molecule has 0 aliphatic heterocycles. The molecule has 0 spiro atoms. The first-order valence-corrected chi connectivity index (χ1v) is 4.86. The molecule has 1 heterocycles. The number of hydrogen-bond donors (Lipinski definition) is 1. The van der Waals surface area contributed by atoms with E-state index in [1.165, 1.54) is 6.20 Å². The van der Waals surface area contributed by atoms with E-state index in [1.54, 1.807) is 13.0 Å². The largest absolute Gasteiger partial charge is 0.466 e. The Balaban J connectivity index is 2.87. The third-order valence-electron chi connectivity index (χ3n) is 1.74. The summed E-state index contributed by atoms with van der Waals surface area (Å²) < 4.78 is 4.78. The van der Waals surface area contributed by atoms with Gasteiger partial charge in [0.2, 0.25) is 0 Å². The van der Waals surface area contributed by atoms with Crippen LogP contribution in [0.4, 0.5) is 0 Å². The highest BCUT2D eigenvalue weighted by Crippen LogP contribution is 2.16. The van der Waals surface area contributed by atoms with Gasteiger partial charge in [0.15, 0.2) is 0 Å². The number of aromatic nitrogens is 1. The van der Waals surface area contributed by atoms with Crippen LogP contribution in [-0.4, -0.2) is 17.6 Å². The predicted molar refractivity (Wildman–Crippen MR) is 56.5 cm³/mol. The lowest BCUT2D eigenvalue weighted by molar-refractivity contribution is -0.142. The topological polar surface area (TPSA) is 63.0 Å². The molecule has 4 nitrogen and oxygen atoms in total. The maximum atomic E-state index is 11.2. The number of carbonyl (C=O) groups excluding carboxylic acids is 1. The van der Waals surface area contributed by atoms with Crippen LogP contribution < -0.4 is 0 Å². The zero-order valence-corrected chi connectivity index (χ0v) is 9.12. The minimum absolute atomic E-state index is 0.0438. The van der Waals surface area contributed by atoms with Crippen LogP contribution in [0.15, 0.2) is 17.2 Å². The lowest BCUT2D eigenvalue weighted by atomic mass is 10.2. The van der Waals surface area contributed by atoms with Crippen LogP contribution in [0.3, 0.4) is 0 Å². The molecule has 5 heteroatoms. The number of ether oxygens (including phenoxy) is 1. The quantitative estimate of drug-likeness (QED) is 0.619. The number of hydrogen-bond acceptors (Lipinski definition) is 5. The molecule has 0 aromatic carbocycles. The number of nitriles is 1. The van der Waals surface area contributed by atoms with Gasteiger partial charge in [-0.1, -0.05) is 0 Å². The van der Waals surface area contributed by atoms with Crippen molar-refractivity contribution < 1.29 is 9.53 Å². The Morgan fingerprint density at radius 3 is 3.07 bits per heavy atom. The van der Waals surface area contributed by atoms with Gasteiger partial charge in [-0.15, -0.1) is 12.6 Å². The van der Waals surface area contributed by atoms with Crippen molar-refractivity contribution in [3.8, 4) is 6.07 Å². The summed E-state index contributed by atoms with van der Waals surface area (Å²) in [6, 6.07) is 3.52. The predicted octanol–water partition coefficient (Wildman–Crippen LogP) is 1.35. The van der Waals surface area contributed by atoms with Gasteiger partial charge in [0.1, 0.15) is 6.07 Å². The zero-order chi connectivity index (χ0) is 11.3. The van der Waals surface area contributed by atoms with Gasteiger partial charge >= 0.3 is 5.97 Å². The number of esters is 1. The molecule has 0 saturated heterocycles. The van der Waals surface area contributed by atoms with E-state index in [0.717, 1.165) is 0 Å². The average Bonchev–Trinajstić information content (AvgIpc) is 2.21. The molecule has 1 aromatic rings. The van der Waals surface area contributed by atoms with Gasteiger partial charge < -0.3 is 4.74 Å². The molecule has 78 valence electrons. The minimum atomic E-state index is -0.365. The van der Waals surface area contributed by atoms with E-state index in [4.69, 9.17) is 10.00 Å². The molecular formula is C10H10N2O2S. The summed E-state index contributed by atoms with van der Waals surface area (Å²) in [6.07, 6.45) is 1.52. The first kappa shape index (κ1) is 11.5. The van der Waals surface area contributed by atoms with Crippen molar-refractivity contribution in [1.29, 1.82) is 5.26 Å². The number of pyridine rings is 1. The Kier molecular flexibility index (Phi) is 4.13. The van der Waals surface area contributed by atoms with Crippen molar-refractivity contribution in [3.05, 3.63) is 23.5 Å². The van der Waals surface area contributed by atoms with E-state index < -0.39 is 0 Å². The van der Waals surface area contributed by atoms with E-state index in [9.17, 15) is 4.79 Å². The van der Waals surface area contributed by atoms with Crippen molar-refractivity contribution in [2.45, 2.75) is 18.2 Å². The SMILES string of the molecule is CCOC(=O)Cc1nccc(C#N)c1S. The maximum absolute atomic E-state index is 11.2. The molecule has 0 amide bonds. The summed E-state index contributed by atoms with van der Waals surface area (Å²) in [6.45, 7) is 2.07. The summed E-state index contributed by atoms with van der Waals surface area (Å²) in [5.41, 5.74) is 0.878. The Morgan fingerprint density at radius 1 is 1.73 bits per heavy atom. The first-order valence-electron chi connectivity index (χ1n) is 4.41. The van der Waals surface area contributed by atoms with Crippen molar-refractivity contribution in [1.82, 2.24) is 4.98 Å². The van der Waals surface area contributed by atoms with Crippen LogP contribution in [0.25, 0.3) is 0 Å². The fraction of sp³-hybridized carbons (Fsp3) is 0.300.